The zero-order chi connectivity index (χ0) is 32.6. The molecular weight excluding hydrogens is 618 g/mol. The normalized spacial score (nSPS) is 12.9. The zero-order valence-electron chi connectivity index (χ0n) is 24.0. The van der Waals surface area contributed by atoms with Crippen molar-refractivity contribution in [1.29, 1.82) is 0 Å². The molecule has 0 fully saturated rings. The summed E-state index contributed by atoms with van der Waals surface area (Å²) in [5, 5.41) is 2.98. The van der Waals surface area contributed by atoms with E-state index in [9.17, 15) is 0 Å². The van der Waals surface area contributed by atoms with Gasteiger partial charge in [-0.15, -0.1) is 0 Å². The molecule has 0 saturated heterocycles. The smallest absolute Gasteiger partial charge is 0.309 e. The van der Waals surface area contributed by atoms with Gasteiger partial charge in [0.15, 0.2) is 0 Å². The van der Waals surface area contributed by atoms with Crippen LogP contribution >= 0.6 is 0 Å². The number of aromatic nitrogens is 6. The Labute approximate surface area is 261 Å². The molecule has 0 atom stereocenters. The van der Waals surface area contributed by atoms with E-state index in [0.29, 0.717) is 33.4 Å². The van der Waals surface area contributed by atoms with Crippen molar-refractivity contribution in [3.63, 3.8) is 0 Å². The van der Waals surface area contributed by atoms with Gasteiger partial charge in [0.1, 0.15) is 0 Å². The van der Waals surface area contributed by atoms with Crippen molar-refractivity contribution in [3.8, 4) is 11.4 Å². The molecule has 0 aliphatic heterocycles. The molecule has 0 bridgehead atoms. The van der Waals surface area contributed by atoms with Crippen LogP contribution in [0, 0.1) is 0 Å². The molecule has 6 heterocycles. The molecule has 12 heteroatoms. The van der Waals surface area contributed by atoms with E-state index in [1.165, 1.54) is 24.3 Å². The highest BCUT2D eigenvalue weighted by Gasteiger charge is 2.72. The summed E-state index contributed by atoms with van der Waals surface area (Å²) in [6.45, 7) is 0. The van der Waals surface area contributed by atoms with E-state index in [1.807, 2.05) is 0 Å². The zero-order valence-corrected chi connectivity index (χ0v) is 24.0. The SMILES string of the molecule is FC(F)(F)C(c1ccc(-n2c3ccncc3c3cnccc32)cc1)(c1ccc(-n2c3ccncc3c3cnccc32)cc1)C(F)(F)F. The second-order valence-corrected chi connectivity index (χ2v) is 11.1. The van der Waals surface area contributed by atoms with Crippen molar-refractivity contribution in [2.75, 3.05) is 0 Å². The lowest BCUT2D eigenvalue weighted by Gasteiger charge is -2.38. The molecule has 0 radical (unpaired) electrons. The van der Waals surface area contributed by atoms with Gasteiger partial charge in [-0.3, -0.25) is 19.9 Å². The van der Waals surface area contributed by atoms with Crippen LogP contribution in [0.25, 0.3) is 55.0 Å². The molecule has 6 aromatic heterocycles. The Morgan fingerprint density at radius 2 is 0.660 bits per heavy atom. The molecule has 0 aliphatic carbocycles. The van der Waals surface area contributed by atoms with Crippen molar-refractivity contribution in [2.45, 2.75) is 17.8 Å². The minimum absolute atomic E-state index is 0.384. The molecule has 0 amide bonds. The third-order valence-electron chi connectivity index (χ3n) is 8.70. The van der Waals surface area contributed by atoms with E-state index >= 15 is 26.3 Å². The Morgan fingerprint density at radius 3 is 0.915 bits per heavy atom. The highest BCUT2D eigenvalue weighted by molar-refractivity contribution is 6.09. The molecule has 232 valence electrons. The molecule has 0 unspecified atom stereocenters. The second-order valence-electron chi connectivity index (χ2n) is 11.1. The summed E-state index contributed by atoms with van der Waals surface area (Å²) >= 11 is 0. The van der Waals surface area contributed by atoms with Crippen LogP contribution in [0.15, 0.2) is 122 Å². The van der Waals surface area contributed by atoms with Gasteiger partial charge in [-0.25, -0.2) is 0 Å². The number of hydrogen-bond donors (Lipinski definition) is 0. The molecule has 0 spiro atoms. The standard InChI is InChI=1S/C35H20F6N6/c36-34(37,38)33(35(39,40)41,21-1-5-23(6-2-21)46-29-9-13-42-17-25(29)26-18-43-14-10-30(26)46)22-3-7-24(8-4-22)47-31-11-15-44-19-27(31)28-20-45-16-12-32(28)47/h1-20H. The summed E-state index contributed by atoms with van der Waals surface area (Å²) in [6, 6.07) is 15.6. The van der Waals surface area contributed by atoms with Crippen LogP contribution in [0.5, 0.6) is 0 Å². The van der Waals surface area contributed by atoms with Crippen molar-refractivity contribution in [2.24, 2.45) is 0 Å². The van der Waals surface area contributed by atoms with Gasteiger partial charge in [-0.1, -0.05) is 24.3 Å². The van der Waals surface area contributed by atoms with E-state index in [1.54, 1.807) is 83.0 Å². The van der Waals surface area contributed by atoms with Gasteiger partial charge >= 0.3 is 12.4 Å². The van der Waals surface area contributed by atoms with Crippen molar-refractivity contribution < 1.29 is 26.3 Å². The van der Waals surface area contributed by atoms with Gasteiger partial charge in [0, 0.05) is 82.5 Å². The van der Waals surface area contributed by atoms with Crippen molar-refractivity contribution in [3.05, 3.63) is 133 Å². The largest absolute Gasteiger partial charge is 0.411 e. The maximum atomic E-state index is 15.1. The molecule has 47 heavy (non-hydrogen) atoms. The maximum absolute atomic E-state index is 15.1. The summed E-state index contributed by atoms with van der Waals surface area (Å²) in [5.74, 6) is 0. The Kier molecular flexibility index (Phi) is 6.17. The average Bonchev–Trinajstić information content (AvgIpc) is 3.58. The molecule has 0 aliphatic rings. The first-order valence-corrected chi connectivity index (χ1v) is 14.3. The first-order chi connectivity index (χ1) is 22.6. The number of halogens is 6. The van der Waals surface area contributed by atoms with Crippen molar-refractivity contribution in [1.82, 2.24) is 29.1 Å². The van der Waals surface area contributed by atoms with Crippen LogP contribution < -0.4 is 0 Å². The molecule has 8 aromatic rings. The number of benzene rings is 2. The van der Waals surface area contributed by atoms with Crippen LogP contribution in [0.4, 0.5) is 26.3 Å². The summed E-state index contributed by atoms with van der Waals surface area (Å²) in [6.07, 6.45) is 1.34. The average molecular weight is 639 g/mol. The Balaban J connectivity index is 1.29. The van der Waals surface area contributed by atoms with Gasteiger partial charge < -0.3 is 9.13 Å². The minimum atomic E-state index is -5.73. The van der Waals surface area contributed by atoms with E-state index in [-0.39, 0.29) is 0 Å². The highest BCUT2D eigenvalue weighted by atomic mass is 19.4. The van der Waals surface area contributed by atoms with E-state index in [2.05, 4.69) is 19.9 Å². The fraction of sp³-hybridized carbons (Fsp3) is 0.0857. The van der Waals surface area contributed by atoms with Gasteiger partial charge in [0.25, 0.3) is 0 Å². The number of rotatable bonds is 4. The van der Waals surface area contributed by atoms with Crippen LogP contribution in [0.1, 0.15) is 11.1 Å². The van der Waals surface area contributed by atoms with E-state index < -0.39 is 28.9 Å². The fourth-order valence-electron chi connectivity index (χ4n) is 6.68. The number of alkyl halides is 6. The molecule has 8 rings (SSSR count). The fourth-order valence-corrected chi connectivity index (χ4v) is 6.68. The summed E-state index contributed by atoms with van der Waals surface area (Å²) < 4.78 is 93.9. The first kappa shape index (κ1) is 28.7. The lowest BCUT2D eigenvalue weighted by atomic mass is 9.73. The van der Waals surface area contributed by atoms with Gasteiger partial charge in [0.05, 0.1) is 22.1 Å². The van der Waals surface area contributed by atoms with Gasteiger partial charge in [-0.2, -0.15) is 26.3 Å². The molecule has 2 aromatic carbocycles. The number of nitrogens with zero attached hydrogens (tertiary/aromatic N) is 6. The van der Waals surface area contributed by atoms with Gasteiger partial charge in [-0.05, 0) is 59.7 Å². The molecule has 6 nitrogen and oxygen atoms in total. The Hall–Kier alpha value is -5.78. The molecule has 0 N–H and O–H groups in total. The quantitative estimate of drug-likeness (QED) is 0.181. The predicted molar refractivity (Wildman–Crippen MR) is 166 cm³/mol. The van der Waals surface area contributed by atoms with E-state index in [4.69, 9.17) is 0 Å². The number of fused-ring (bicyclic) bond motifs is 6. The minimum Gasteiger partial charge on any atom is -0.309 e. The Morgan fingerprint density at radius 1 is 0.383 bits per heavy atom. The topological polar surface area (TPSA) is 61.4 Å². The number of pyridine rings is 4. The molecular formula is C35H20F6N6. The maximum Gasteiger partial charge on any atom is 0.411 e. The van der Waals surface area contributed by atoms with Gasteiger partial charge in [0.2, 0.25) is 5.41 Å². The second kappa shape index (κ2) is 10.1. The summed E-state index contributed by atoms with van der Waals surface area (Å²) in [7, 11) is 0. The third kappa shape index (κ3) is 4.07. The Bertz CT molecular complexity index is 2160. The van der Waals surface area contributed by atoms with Crippen LogP contribution in [-0.2, 0) is 5.41 Å². The van der Waals surface area contributed by atoms with E-state index in [0.717, 1.165) is 45.8 Å². The van der Waals surface area contributed by atoms with Crippen LogP contribution in [-0.4, -0.2) is 41.4 Å². The summed E-state index contributed by atoms with van der Waals surface area (Å²) in [5.41, 5.74) is -2.71. The molecule has 0 saturated carbocycles. The number of hydrogen-bond acceptors (Lipinski definition) is 4. The first-order valence-electron chi connectivity index (χ1n) is 14.3. The van der Waals surface area contributed by atoms with Crippen LogP contribution in [0.2, 0.25) is 0 Å². The lowest BCUT2D eigenvalue weighted by Crippen LogP contribution is -2.54. The highest BCUT2D eigenvalue weighted by Crippen LogP contribution is 2.56. The van der Waals surface area contributed by atoms with Crippen molar-refractivity contribution >= 4 is 43.6 Å². The van der Waals surface area contributed by atoms with Crippen LogP contribution in [0.3, 0.4) is 0 Å². The monoisotopic (exact) mass is 638 g/mol. The lowest BCUT2D eigenvalue weighted by molar-refractivity contribution is -0.288. The predicted octanol–water partition coefficient (Wildman–Crippen LogP) is 8.87. The third-order valence-corrected chi connectivity index (χ3v) is 8.70. The summed E-state index contributed by atoms with van der Waals surface area (Å²) in [4.78, 5) is 16.6.